The van der Waals surface area contributed by atoms with Gasteiger partial charge >= 0.3 is 0 Å². The number of methoxy groups -OCH3 is 1. The Kier molecular flexibility index (Phi) is 7.34. The van der Waals surface area contributed by atoms with Crippen molar-refractivity contribution in [2.45, 2.75) is 34.2 Å². The predicted octanol–water partition coefficient (Wildman–Crippen LogP) is 4.83. The molecule has 0 unspecified atom stereocenters. The smallest absolute Gasteiger partial charge is 0.271 e. The largest absolute Gasteiger partial charge is 0.493 e. The molecule has 6 nitrogen and oxygen atoms in total. The van der Waals surface area contributed by atoms with Crippen LogP contribution in [0.4, 0.5) is 0 Å². The first kappa shape index (κ1) is 23.8. The molecule has 0 N–H and O–H groups in total. The van der Waals surface area contributed by atoms with E-state index in [1.54, 1.807) is 32.2 Å². The Balaban J connectivity index is 1.98. The number of carbonyl (C=O) groups excluding carboxylic acids is 2. The molecular formula is C27H28N2O4. The summed E-state index contributed by atoms with van der Waals surface area (Å²) < 4.78 is 11.3. The Morgan fingerprint density at radius 1 is 1.03 bits per heavy atom. The van der Waals surface area contributed by atoms with E-state index in [0.717, 1.165) is 16.0 Å². The van der Waals surface area contributed by atoms with E-state index in [1.165, 1.54) is 0 Å². The molecule has 0 fully saturated rings. The van der Waals surface area contributed by atoms with E-state index in [1.807, 2.05) is 43.3 Å². The molecule has 0 bridgehead atoms. The van der Waals surface area contributed by atoms with E-state index in [2.05, 4.69) is 13.8 Å². The molecule has 170 valence electrons. The van der Waals surface area contributed by atoms with Crippen LogP contribution in [0.15, 0.2) is 59.2 Å². The Hall–Kier alpha value is -3.85. The van der Waals surface area contributed by atoms with Gasteiger partial charge in [0.05, 0.1) is 20.3 Å². The van der Waals surface area contributed by atoms with Gasteiger partial charge in [-0.2, -0.15) is 5.26 Å². The zero-order chi connectivity index (χ0) is 24.1. The summed E-state index contributed by atoms with van der Waals surface area (Å²) >= 11 is 0. The third kappa shape index (κ3) is 5.32. The van der Waals surface area contributed by atoms with Gasteiger partial charge in [-0.05, 0) is 54.7 Å². The van der Waals surface area contributed by atoms with Crippen LogP contribution in [-0.2, 0) is 16.1 Å². The van der Waals surface area contributed by atoms with Gasteiger partial charge in [0.2, 0.25) is 0 Å². The zero-order valence-corrected chi connectivity index (χ0v) is 19.6. The lowest BCUT2D eigenvalue weighted by atomic mass is 9.93. The number of nitrogens with zero attached hydrogens (tertiary/aromatic N) is 2. The van der Waals surface area contributed by atoms with Crippen LogP contribution in [0.5, 0.6) is 11.5 Å². The quantitative estimate of drug-likeness (QED) is 0.451. The second kappa shape index (κ2) is 10.2. The first-order chi connectivity index (χ1) is 15.7. The average Bonchev–Trinajstić information content (AvgIpc) is 2.80. The van der Waals surface area contributed by atoms with Gasteiger partial charge in [0, 0.05) is 5.57 Å². The summed E-state index contributed by atoms with van der Waals surface area (Å²) in [7, 11) is 1.56. The Morgan fingerprint density at radius 3 is 2.33 bits per heavy atom. The van der Waals surface area contributed by atoms with Gasteiger partial charge in [-0.25, -0.2) is 0 Å². The number of carbonyl (C=O) groups is 2. The molecule has 2 aromatic rings. The third-order valence-electron chi connectivity index (χ3n) is 5.36. The number of nitriles is 1. The number of rotatable bonds is 7. The fraction of sp³-hybridized carbons (Fsp3) is 0.296. The summed E-state index contributed by atoms with van der Waals surface area (Å²) in [6, 6.07) is 14.9. The second-order valence-corrected chi connectivity index (χ2v) is 8.47. The summed E-state index contributed by atoms with van der Waals surface area (Å²) in [5.41, 5.74) is 3.23. The van der Waals surface area contributed by atoms with E-state index in [-0.39, 0.29) is 12.1 Å². The lowest BCUT2D eigenvalue weighted by molar-refractivity contribution is -0.141. The van der Waals surface area contributed by atoms with Gasteiger partial charge in [0.25, 0.3) is 11.8 Å². The van der Waals surface area contributed by atoms with Crippen LogP contribution in [0.2, 0.25) is 0 Å². The normalized spacial score (nSPS) is 15.3. The van der Waals surface area contributed by atoms with Crippen LogP contribution in [-0.4, -0.2) is 30.4 Å². The van der Waals surface area contributed by atoms with Crippen LogP contribution in [0.3, 0.4) is 0 Å². The molecule has 2 aromatic carbocycles. The van der Waals surface area contributed by atoms with Crippen molar-refractivity contribution < 1.29 is 19.1 Å². The van der Waals surface area contributed by atoms with Gasteiger partial charge in [0.1, 0.15) is 11.6 Å². The minimum absolute atomic E-state index is 0.0307. The van der Waals surface area contributed by atoms with Crippen molar-refractivity contribution >= 4 is 17.9 Å². The van der Waals surface area contributed by atoms with Crippen molar-refractivity contribution in [1.29, 1.82) is 5.26 Å². The minimum Gasteiger partial charge on any atom is -0.493 e. The molecular weight excluding hydrogens is 416 g/mol. The molecule has 0 atom stereocenters. The van der Waals surface area contributed by atoms with Gasteiger partial charge in [0.15, 0.2) is 11.5 Å². The van der Waals surface area contributed by atoms with Crippen LogP contribution in [0.25, 0.3) is 6.08 Å². The highest BCUT2D eigenvalue weighted by Crippen LogP contribution is 2.32. The van der Waals surface area contributed by atoms with Crippen LogP contribution in [0.1, 0.15) is 37.5 Å². The number of benzene rings is 2. The maximum atomic E-state index is 13.3. The monoisotopic (exact) mass is 444 g/mol. The lowest BCUT2D eigenvalue weighted by Gasteiger charge is -2.27. The summed E-state index contributed by atoms with van der Waals surface area (Å²) in [5.74, 6) is 0.516. The Labute approximate surface area is 194 Å². The topological polar surface area (TPSA) is 79.6 Å². The van der Waals surface area contributed by atoms with Crippen molar-refractivity contribution in [2.24, 2.45) is 5.92 Å². The molecule has 33 heavy (non-hydrogen) atoms. The molecule has 3 rings (SSSR count). The van der Waals surface area contributed by atoms with Crippen LogP contribution in [0, 0.1) is 24.2 Å². The predicted molar refractivity (Wildman–Crippen MR) is 126 cm³/mol. The molecule has 0 radical (unpaired) electrons. The molecule has 1 aliphatic heterocycles. The van der Waals surface area contributed by atoms with E-state index in [0.29, 0.717) is 40.7 Å². The van der Waals surface area contributed by atoms with E-state index >= 15 is 0 Å². The Morgan fingerprint density at radius 2 is 1.73 bits per heavy atom. The second-order valence-electron chi connectivity index (χ2n) is 8.47. The van der Waals surface area contributed by atoms with Crippen molar-refractivity contribution in [1.82, 2.24) is 4.90 Å². The highest BCUT2D eigenvalue weighted by molar-refractivity contribution is 6.19. The molecule has 0 spiro atoms. The zero-order valence-electron chi connectivity index (χ0n) is 19.6. The Bertz CT molecular complexity index is 1170. The molecule has 1 aliphatic rings. The molecule has 6 heteroatoms. The van der Waals surface area contributed by atoms with Crippen molar-refractivity contribution in [2.75, 3.05) is 13.7 Å². The summed E-state index contributed by atoms with van der Waals surface area (Å²) in [6.07, 6.45) is 1.68. The number of hydrogen-bond acceptors (Lipinski definition) is 5. The van der Waals surface area contributed by atoms with Crippen molar-refractivity contribution in [3.63, 3.8) is 0 Å². The molecule has 0 aromatic heterocycles. The highest BCUT2D eigenvalue weighted by atomic mass is 16.5. The van der Waals surface area contributed by atoms with Gasteiger partial charge in [-0.1, -0.05) is 49.7 Å². The van der Waals surface area contributed by atoms with E-state index < -0.39 is 11.8 Å². The maximum Gasteiger partial charge on any atom is 0.271 e. The van der Waals surface area contributed by atoms with Crippen LogP contribution >= 0.6 is 0 Å². The number of amides is 2. The van der Waals surface area contributed by atoms with Gasteiger partial charge < -0.3 is 9.47 Å². The molecule has 0 saturated heterocycles. The molecule has 2 amide bonds. The average molecular weight is 445 g/mol. The molecule has 0 aliphatic carbocycles. The fourth-order valence-corrected chi connectivity index (χ4v) is 3.47. The summed E-state index contributed by atoms with van der Waals surface area (Å²) in [6.45, 7) is 8.37. The van der Waals surface area contributed by atoms with Crippen molar-refractivity contribution in [3.05, 3.63) is 75.9 Å². The van der Waals surface area contributed by atoms with Crippen LogP contribution < -0.4 is 9.47 Å². The van der Waals surface area contributed by atoms with Crippen molar-refractivity contribution in [3.8, 4) is 17.6 Å². The molecule has 0 saturated carbocycles. The lowest BCUT2D eigenvalue weighted by Crippen LogP contribution is -2.42. The first-order valence-electron chi connectivity index (χ1n) is 10.8. The number of hydrogen-bond donors (Lipinski definition) is 0. The SMILES string of the molecule is COc1cc(/C=C2/C(=O)N(Cc3ccc(C)cc3)C(=O)C(C#N)=C2C)ccc1OCC(C)C. The van der Waals surface area contributed by atoms with E-state index in [4.69, 9.17) is 9.47 Å². The standard InChI is InChI=1S/C27H28N2O4/c1-17(2)16-33-24-11-10-21(13-25(24)32-5)12-22-19(4)23(14-28)27(31)29(26(22)30)15-20-8-6-18(3)7-9-20/h6-13,17H,15-16H2,1-5H3/b22-12+. The van der Waals surface area contributed by atoms with Gasteiger partial charge in [-0.15, -0.1) is 0 Å². The number of aryl methyl sites for hydroxylation is 1. The summed E-state index contributed by atoms with van der Waals surface area (Å²) in [5, 5.41) is 9.61. The highest BCUT2D eigenvalue weighted by Gasteiger charge is 2.35. The number of imide groups is 1. The third-order valence-corrected chi connectivity index (χ3v) is 5.36. The fourth-order valence-electron chi connectivity index (χ4n) is 3.47. The maximum absolute atomic E-state index is 13.3. The number of ether oxygens (including phenoxy) is 2. The first-order valence-corrected chi connectivity index (χ1v) is 10.8. The minimum atomic E-state index is -0.576. The van der Waals surface area contributed by atoms with E-state index in [9.17, 15) is 14.9 Å². The summed E-state index contributed by atoms with van der Waals surface area (Å²) in [4.78, 5) is 27.3. The van der Waals surface area contributed by atoms with Gasteiger partial charge in [-0.3, -0.25) is 14.5 Å². The molecule has 1 heterocycles.